The van der Waals surface area contributed by atoms with Crippen LogP contribution < -0.4 is 4.72 Å². The third-order valence-corrected chi connectivity index (χ3v) is 5.08. The second-order valence-electron chi connectivity index (χ2n) is 5.92. The van der Waals surface area contributed by atoms with E-state index in [2.05, 4.69) is 22.3 Å². The van der Waals surface area contributed by atoms with Gasteiger partial charge in [-0.15, -0.1) is 0 Å². The molecule has 0 unspecified atom stereocenters. The van der Waals surface area contributed by atoms with E-state index < -0.39 is 0 Å². The number of hydrogen-bond acceptors (Lipinski definition) is 5. The third kappa shape index (κ3) is 3.51. The van der Waals surface area contributed by atoms with E-state index in [1.807, 2.05) is 37.3 Å². The maximum Gasteiger partial charge on any atom is 0.337 e. The molecule has 0 saturated heterocycles. The number of anilines is 1. The van der Waals surface area contributed by atoms with E-state index in [1.54, 1.807) is 24.1 Å². The van der Waals surface area contributed by atoms with Gasteiger partial charge in [0.2, 0.25) is 0 Å². The van der Waals surface area contributed by atoms with Crippen LogP contribution in [0.15, 0.2) is 42.5 Å². The van der Waals surface area contributed by atoms with E-state index in [9.17, 15) is 10.1 Å². The maximum atomic E-state index is 11.9. The van der Waals surface area contributed by atoms with Crippen LogP contribution in [0.25, 0.3) is 22.2 Å². The Morgan fingerprint density at radius 1 is 1.22 bits per heavy atom. The first-order valence-electron chi connectivity index (χ1n) is 8.77. The summed E-state index contributed by atoms with van der Waals surface area (Å²) in [5, 5.41) is 10.7. The molecule has 0 saturated carbocycles. The number of nitriles is 1. The fourth-order valence-electron chi connectivity index (χ4n) is 3.19. The Bertz CT molecular complexity index is 1020. The third-order valence-electron chi connectivity index (χ3n) is 4.41. The topological polar surface area (TPSA) is 67.1 Å². The molecule has 0 aliphatic carbocycles. The Hall–Kier alpha value is -2.91. The van der Waals surface area contributed by atoms with Crippen LogP contribution >= 0.6 is 11.9 Å². The van der Waals surface area contributed by atoms with Crippen molar-refractivity contribution in [1.29, 1.82) is 5.26 Å². The molecule has 0 atom stereocenters. The van der Waals surface area contributed by atoms with Gasteiger partial charge in [-0.05, 0) is 36.8 Å². The summed E-state index contributed by atoms with van der Waals surface area (Å²) in [4.78, 5) is 11.9. The van der Waals surface area contributed by atoms with Gasteiger partial charge in [0, 0.05) is 23.4 Å². The predicted molar refractivity (Wildman–Crippen MR) is 111 cm³/mol. The summed E-state index contributed by atoms with van der Waals surface area (Å²) in [5.74, 6) is 0.595. The lowest BCUT2D eigenvalue weighted by Gasteiger charge is -2.10. The average Bonchev–Trinajstić information content (AvgIpc) is 3.04. The maximum absolute atomic E-state index is 11.9. The zero-order chi connectivity index (χ0) is 19.4. The molecule has 0 spiro atoms. The lowest BCUT2D eigenvalue weighted by molar-refractivity contribution is 0.0601. The van der Waals surface area contributed by atoms with Crippen molar-refractivity contribution < 1.29 is 9.53 Å². The lowest BCUT2D eigenvalue weighted by Crippen LogP contribution is -2.02. The second-order valence-corrected chi connectivity index (χ2v) is 6.99. The fourth-order valence-corrected chi connectivity index (χ4v) is 3.63. The molecule has 1 N–H and O–H groups in total. The summed E-state index contributed by atoms with van der Waals surface area (Å²) in [7, 11) is 1.37. The van der Waals surface area contributed by atoms with Gasteiger partial charge in [0.05, 0.1) is 29.4 Å². The summed E-state index contributed by atoms with van der Waals surface area (Å²) in [6, 6.07) is 15.7. The number of nitrogens with zero attached hydrogens (tertiary/aromatic N) is 2. The number of carbonyl (C=O) groups is 1. The van der Waals surface area contributed by atoms with Gasteiger partial charge in [-0.1, -0.05) is 37.1 Å². The van der Waals surface area contributed by atoms with Crippen molar-refractivity contribution in [2.75, 3.05) is 17.6 Å². The van der Waals surface area contributed by atoms with E-state index in [0.717, 1.165) is 33.6 Å². The predicted octanol–water partition coefficient (Wildman–Crippen LogP) is 5.07. The normalized spacial score (nSPS) is 10.6. The molecule has 0 fully saturated rings. The van der Waals surface area contributed by atoms with Gasteiger partial charge < -0.3 is 14.0 Å². The molecule has 3 aromatic rings. The monoisotopic (exact) mass is 379 g/mol. The fraction of sp³-hybridized carbons (Fsp3) is 0.238. The quantitative estimate of drug-likeness (QED) is 0.479. The Balaban J connectivity index is 2.17. The van der Waals surface area contributed by atoms with Crippen LogP contribution in [0, 0.1) is 11.3 Å². The number of fused-ring (bicyclic) bond motifs is 1. The molecule has 0 amide bonds. The number of benzene rings is 2. The summed E-state index contributed by atoms with van der Waals surface area (Å²) >= 11 is 1.64. The van der Waals surface area contributed by atoms with E-state index in [-0.39, 0.29) is 5.97 Å². The van der Waals surface area contributed by atoms with Crippen molar-refractivity contribution in [3.05, 3.63) is 53.6 Å². The summed E-state index contributed by atoms with van der Waals surface area (Å²) in [6.45, 7) is 4.81. The zero-order valence-corrected chi connectivity index (χ0v) is 16.4. The molecule has 5 nitrogen and oxygen atoms in total. The highest BCUT2D eigenvalue weighted by atomic mass is 32.2. The lowest BCUT2D eigenvalue weighted by atomic mass is 10.0. The van der Waals surface area contributed by atoms with Crippen molar-refractivity contribution in [1.82, 2.24) is 4.57 Å². The van der Waals surface area contributed by atoms with Gasteiger partial charge in [-0.25, -0.2) is 4.79 Å². The molecule has 1 aromatic heterocycles. The first kappa shape index (κ1) is 18.9. The van der Waals surface area contributed by atoms with Gasteiger partial charge in [0.25, 0.3) is 0 Å². The van der Waals surface area contributed by atoms with Crippen LogP contribution in [0.4, 0.5) is 5.69 Å². The van der Waals surface area contributed by atoms with Crippen LogP contribution in [0.1, 0.15) is 29.8 Å². The van der Waals surface area contributed by atoms with Crippen LogP contribution in [-0.4, -0.2) is 23.4 Å². The van der Waals surface area contributed by atoms with Crippen LogP contribution in [0.3, 0.4) is 0 Å². The largest absolute Gasteiger partial charge is 0.465 e. The molecule has 1 heterocycles. The summed E-state index contributed by atoms with van der Waals surface area (Å²) < 4.78 is 10.2. The number of aromatic nitrogens is 1. The van der Waals surface area contributed by atoms with Gasteiger partial charge in [-0.2, -0.15) is 5.26 Å². The molecule has 3 rings (SSSR count). The van der Waals surface area contributed by atoms with Crippen LogP contribution in [0.2, 0.25) is 0 Å². The molecule has 0 aliphatic rings. The number of aryl methyl sites for hydroxylation is 1. The minimum absolute atomic E-state index is 0.385. The SMILES string of the molecule is CCSNc1ccc(-c2c(C#N)c3ccc(C(=O)OC)cc3n2CC)cc1. The molecule has 138 valence electrons. The summed E-state index contributed by atoms with van der Waals surface area (Å²) in [6.07, 6.45) is 0. The van der Waals surface area contributed by atoms with Crippen LogP contribution in [0.5, 0.6) is 0 Å². The first-order chi connectivity index (χ1) is 13.1. The highest BCUT2D eigenvalue weighted by Gasteiger charge is 2.19. The molecule has 0 radical (unpaired) electrons. The molecular formula is C21H21N3O2S. The smallest absolute Gasteiger partial charge is 0.337 e. The zero-order valence-electron chi connectivity index (χ0n) is 15.6. The minimum Gasteiger partial charge on any atom is -0.465 e. The van der Waals surface area contributed by atoms with Crippen molar-refractivity contribution in [3.63, 3.8) is 0 Å². The van der Waals surface area contributed by atoms with Crippen molar-refractivity contribution in [2.24, 2.45) is 0 Å². The van der Waals surface area contributed by atoms with Crippen molar-refractivity contribution >= 4 is 34.5 Å². The highest BCUT2D eigenvalue weighted by molar-refractivity contribution is 8.00. The van der Waals surface area contributed by atoms with Gasteiger partial charge in [-0.3, -0.25) is 0 Å². The van der Waals surface area contributed by atoms with E-state index >= 15 is 0 Å². The molecule has 0 bridgehead atoms. The Morgan fingerprint density at radius 2 is 1.96 bits per heavy atom. The molecule has 2 aromatic carbocycles. The minimum atomic E-state index is -0.385. The number of carbonyl (C=O) groups excluding carboxylic acids is 1. The van der Waals surface area contributed by atoms with Crippen LogP contribution in [-0.2, 0) is 11.3 Å². The Kier molecular flexibility index (Phi) is 5.72. The Morgan fingerprint density at radius 3 is 2.56 bits per heavy atom. The standard InChI is InChI=1S/C21H21N3O2S/c1-4-24-19-12-15(21(25)26-3)8-11-17(19)18(13-22)20(24)14-6-9-16(10-7-14)23-27-5-2/h6-12,23H,4-5H2,1-3H3. The van der Waals surface area contributed by atoms with Crippen molar-refractivity contribution in [3.8, 4) is 17.3 Å². The highest BCUT2D eigenvalue weighted by Crippen LogP contribution is 2.34. The Labute approximate surface area is 163 Å². The van der Waals surface area contributed by atoms with Gasteiger partial charge in [0.1, 0.15) is 6.07 Å². The first-order valence-corrected chi connectivity index (χ1v) is 9.76. The summed E-state index contributed by atoms with van der Waals surface area (Å²) in [5.41, 5.74) is 4.81. The molecule has 0 aliphatic heterocycles. The molecule has 27 heavy (non-hydrogen) atoms. The van der Waals surface area contributed by atoms with E-state index in [4.69, 9.17) is 4.74 Å². The van der Waals surface area contributed by atoms with Gasteiger partial charge in [0.15, 0.2) is 0 Å². The average molecular weight is 379 g/mol. The van der Waals surface area contributed by atoms with Crippen molar-refractivity contribution in [2.45, 2.75) is 20.4 Å². The number of nitrogens with one attached hydrogen (secondary N) is 1. The number of ether oxygens (including phenoxy) is 1. The second kappa shape index (κ2) is 8.19. The number of hydrogen-bond donors (Lipinski definition) is 1. The molecular weight excluding hydrogens is 358 g/mol. The number of methoxy groups -OCH3 is 1. The number of rotatable bonds is 6. The van der Waals surface area contributed by atoms with Gasteiger partial charge >= 0.3 is 5.97 Å². The van der Waals surface area contributed by atoms with E-state index in [0.29, 0.717) is 17.7 Å². The molecule has 6 heteroatoms. The van der Waals surface area contributed by atoms with E-state index in [1.165, 1.54) is 7.11 Å². The number of esters is 1.